The van der Waals surface area contributed by atoms with Crippen molar-refractivity contribution in [1.82, 2.24) is 10.2 Å². The molecule has 0 saturated carbocycles. The Kier molecular flexibility index (Phi) is 4.28. The molecule has 0 bridgehead atoms. The van der Waals surface area contributed by atoms with Crippen molar-refractivity contribution in [3.8, 4) is 0 Å². The Balaban J connectivity index is 1.93. The number of aliphatic hydroxyl groups is 1. The zero-order chi connectivity index (χ0) is 18.5. The van der Waals surface area contributed by atoms with Crippen molar-refractivity contribution >= 4 is 29.5 Å². The minimum Gasteiger partial charge on any atom is -0.480 e. The van der Waals surface area contributed by atoms with E-state index in [1.54, 1.807) is 12.1 Å². The number of carboxylic acids is 1. The maximum atomic E-state index is 12.8. The van der Waals surface area contributed by atoms with Crippen LogP contribution in [0.4, 0.5) is 0 Å². The van der Waals surface area contributed by atoms with Gasteiger partial charge in [-0.1, -0.05) is 18.2 Å². The molecule has 2 heterocycles. The highest BCUT2D eigenvalue weighted by molar-refractivity contribution is 8.01. The van der Waals surface area contributed by atoms with Crippen LogP contribution < -0.4 is 5.32 Å². The highest BCUT2D eigenvalue weighted by Gasteiger charge is 2.57. The number of amides is 2. The normalized spacial score (nSPS) is 25.9. The van der Waals surface area contributed by atoms with Crippen LogP contribution in [-0.4, -0.2) is 55.8 Å². The number of nitrogens with zero attached hydrogens (tertiary/aromatic N) is 1. The van der Waals surface area contributed by atoms with Gasteiger partial charge in [0.05, 0.1) is 6.10 Å². The van der Waals surface area contributed by atoms with Gasteiger partial charge < -0.3 is 20.4 Å². The van der Waals surface area contributed by atoms with Gasteiger partial charge in [-0.25, -0.2) is 4.79 Å². The van der Waals surface area contributed by atoms with E-state index in [-0.39, 0.29) is 11.3 Å². The van der Waals surface area contributed by atoms with Crippen LogP contribution in [0, 0.1) is 0 Å². The summed E-state index contributed by atoms with van der Waals surface area (Å²) in [7, 11) is 0. The quantitative estimate of drug-likeness (QED) is 0.735. The van der Waals surface area contributed by atoms with Gasteiger partial charge in [-0.05, 0) is 32.4 Å². The van der Waals surface area contributed by atoms with Crippen LogP contribution in [0.5, 0.6) is 0 Å². The van der Waals surface area contributed by atoms with E-state index in [0.717, 1.165) is 5.56 Å². The van der Waals surface area contributed by atoms with E-state index in [4.69, 9.17) is 0 Å². The minimum absolute atomic E-state index is 0.234. The summed E-state index contributed by atoms with van der Waals surface area (Å²) in [5.74, 6) is -2.13. The predicted molar refractivity (Wildman–Crippen MR) is 92.1 cm³/mol. The molecule has 0 aliphatic carbocycles. The molecule has 0 radical (unpaired) electrons. The van der Waals surface area contributed by atoms with Crippen molar-refractivity contribution in [3.05, 3.63) is 35.4 Å². The fourth-order valence-electron chi connectivity index (χ4n) is 3.43. The first-order valence-electron chi connectivity index (χ1n) is 7.96. The summed E-state index contributed by atoms with van der Waals surface area (Å²) in [5.41, 5.74) is 1.43. The molecule has 7 nitrogen and oxygen atoms in total. The van der Waals surface area contributed by atoms with Gasteiger partial charge in [0.15, 0.2) is 6.04 Å². The monoisotopic (exact) mass is 364 g/mol. The largest absolute Gasteiger partial charge is 0.480 e. The van der Waals surface area contributed by atoms with E-state index in [1.807, 2.05) is 26.0 Å². The molecule has 1 fully saturated rings. The first-order valence-corrected chi connectivity index (χ1v) is 8.84. The summed E-state index contributed by atoms with van der Waals surface area (Å²) in [6.07, 6.45) is -1.25. The van der Waals surface area contributed by atoms with Gasteiger partial charge in [-0.3, -0.25) is 9.59 Å². The number of carboxylic acid groups (broad SMARTS) is 1. The zero-order valence-corrected chi connectivity index (χ0v) is 14.9. The smallest absolute Gasteiger partial charge is 0.328 e. The average Bonchev–Trinajstić information content (AvgIpc) is 2.95. The lowest BCUT2D eigenvalue weighted by atomic mass is 10.00. The Morgan fingerprint density at radius 1 is 1.32 bits per heavy atom. The molecule has 25 heavy (non-hydrogen) atoms. The number of thioether (sulfide) groups is 1. The molecule has 3 rings (SSSR count). The number of fused-ring (bicyclic) bond motifs is 3. The summed E-state index contributed by atoms with van der Waals surface area (Å²) >= 11 is 1.50. The van der Waals surface area contributed by atoms with E-state index < -0.39 is 34.8 Å². The van der Waals surface area contributed by atoms with Gasteiger partial charge in [0, 0.05) is 10.3 Å². The maximum absolute atomic E-state index is 12.8. The van der Waals surface area contributed by atoms with Crippen LogP contribution in [-0.2, 0) is 9.59 Å². The number of carbonyl (C=O) groups is 3. The Bertz CT molecular complexity index is 748. The summed E-state index contributed by atoms with van der Waals surface area (Å²) in [5, 5.41) is 20.9. The first kappa shape index (κ1) is 17.8. The molecular formula is C17H20N2O5S. The molecule has 1 aromatic carbocycles. The number of rotatable bonds is 4. The van der Waals surface area contributed by atoms with Gasteiger partial charge in [0.1, 0.15) is 11.4 Å². The third-order valence-electron chi connectivity index (χ3n) is 4.59. The van der Waals surface area contributed by atoms with E-state index >= 15 is 0 Å². The van der Waals surface area contributed by atoms with E-state index in [0.29, 0.717) is 5.56 Å². The van der Waals surface area contributed by atoms with Crippen LogP contribution in [0.2, 0.25) is 0 Å². The lowest BCUT2D eigenvalue weighted by molar-refractivity contribution is -0.145. The van der Waals surface area contributed by atoms with Crippen LogP contribution in [0.25, 0.3) is 0 Å². The number of aliphatic carboxylic acids is 1. The number of hydrogen-bond acceptors (Lipinski definition) is 5. The number of hydrogen-bond donors (Lipinski definition) is 3. The summed E-state index contributed by atoms with van der Waals surface area (Å²) < 4.78 is -0.598. The van der Waals surface area contributed by atoms with Gasteiger partial charge >= 0.3 is 5.97 Å². The Morgan fingerprint density at radius 3 is 2.56 bits per heavy atom. The van der Waals surface area contributed by atoms with E-state index in [2.05, 4.69) is 5.32 Å². The van der Waals surface area contributed by atoms with Crippen molar-refractivity contribution < 1.29 is 24.6 Å². The minimum atomic E-state index is -1.42. The second-order valence-electron chi connectivity index (χ2n) is 6.84. The van der Waals surface area contributed by atoms with Gasteiger partial charge in [-0.15, -0.1) is 11.8 Å². The highest BCUT2D eigenvalue weighted by Crippen LogP contribution is 2.56. The SMILES string of the molecule is C[C@H](O)[C@H](NC(=O)[C@H]1N2C(=O)c3ccccc3[C@H]2SC1(C)C)C(=O)O. The van der Waals surface area contributed by atoms with Crippen LogP contribution in [0.15, 0.2) is 24.3 Å². The Morgan fingerprint density at radius 2 is 1.96 bits per heavy atom. The summed E-state index contributed by atoms with van der Waals surface area (Å²) in [4.78, 5) is 38.4. The third-order valence-corrected chi connectivity index (χ3v) is 6.13. The molecule has 2 amide bonds. The molecule has 1 saturated heterocycles. The second-order valence-corrected chi connectivity index (χ2v) is 8.58. The van der Waals surface area contributed by atoms with Crippen molar-refractivity contribution in [2.24, 2.45) is 0 Å². The van der Waals surface area contributed by atoms with Gasteiger partial charge in [0.2, 0.25) is 5.91 Å². The topological polar surface area (TPSA) is 107 Å². The first-order chi connectivity index (χ1) is 11.6. The number of benzene rings is 1. The van der Waals surface area contributed by atoms with Crippen LogP contribution >= 0.6 is 11.8 Å². The lowest BCUT2D eigenvalue weighted by Crippen LogP contribution is -2.57. The number of carbonyl (C=O) groups excluding carboxylic acids is 2. The third kappa shape index (κ3) is 2.79. The molecule has 3 N–H and O–H groups in total. The molecule has 0 spiro atoms. The summed E-state index contributed by atoms with van der Waals surface area (Å²) in [6, 6.07) is 4.98. The maximum Gasteiger partial charge on any atom is 0.328 e. The van der Waals surface area contributed by atoms with Crippen molar-refractivity contribution in [3.63, 3.8) is 0 Å². The van der Waals surface area contributed by atoms with Crippen LogP contribution in [0.3, 0.4) is 0 Å². The molecule has 134 valence electrons. The molecule has 1 aromatic rings. The highest BCUT2D eigenvalue weighted by atomic mass is 32.2. The fraction of sp³-hybridized carbons (Fsp3) is 0.471. The predicted octanol–water partition coefficient (Wildman–Crippen LogP) is 0.985. The Hall–Kier alpha value is -2.06. The lowest BCUT2D eigenvalue weighted by Gasteiger charge is -2.31. The zero-order valence-electron chi connectivity index (χ0n) is 14.1. The molecule has 0 aromatic heterocycles. The standard InChI is InChI=1S/C17H20N2O5S/c1-8(20)11(16(23)24)18-13(21)12-17(2,3)25-15-10-7-5-4-6-9(10)14(22)19(12)15/h4-8,11-12,15,20H,1-3H3,(H,18,21)(H,23,24)/t8-,11-,12+,15+/m0/s1. The molecule has 0 unspecified atom stereocenters. The number of aliphatic hydroxyl groups excluding tert-OH is 1. The van der Waals surface area contributed by atoms with E-state index in [9.17, 15) is 24.6 Å². The van der Waals surface area contributed by atoms with Crippen molar-refractivity contribution in [2.45, 2.75) is 49.1 Å². The molecule has 2 aliphatic heterocycles. The molecule has 2 aliphatic rings. The van der Waals surface area contributed by atoms with E-state index in [1.165, 1.54) is 23.6 Å². The second kappa shape index (κ2) is 6.03. The fourth-order valence-corrected chi connectivity index (χ4v) is 5.01. The Labute approximate surface area is 149 Å². The molecular weight excluding hydrogens is 344 g/mol. The number of nitrogens with one attached hydrogen (secondary N) is 1. The summed E-state index contributed by atoms with van der Waals surface area (Å²) in [6.45, 7) is 5.01. The average molecular weight is 364 g/mol. The van der Waals surface area contributed by atoms with Gasteiger partial charge in [0.25, 0.3) is 5.91 Å². The van der Waals surface area contributed by atoms with Crippen LogP contribution in [0.1, 0.15) is 42.1 Å². The molecule has 8 heteroatoms. The van der Waals surface area contributed by atoms with Crippen molar-refractivity contribution in [1.29, 1.82) is 0 Å². The van der Waals surface area contributed by atoms with Gasteiger partial charge in [-0.2, -0.15) is 0 Å². The van der Waals surface area contributed by atoms with Crippen molar-refractivity contribution in [2.75, 3.05) is 0 Å². The molecule has 4 atom stereocenters.